The molecule has 0 amide bonds. The fraction of sp³-hybridized carbons (Fsp3) is 1.00. The maximum Gasteiger partial charge on any atom is 0.0741 e. The summed E-state index contributed by atoms with van der Waals surface area (Å²) in [5.74, 6) is 0. The minimum Gasteiger partial charge on any atom is -0.396 e. The Labute approximate surface area is 110 Å². The van der Waals surface area contributed by atoms with Gasteiger partial charge >= 0.3 is 0 Å². The van der Waals surface area contributed by atoms with Crippen LogP contribution in [0.1, 0.15) is 45.4 Å². The van der Waals surface area contributed by atoms with Crippen molar-refractivity contribution in [2.75, 3.05) is 26.4 Å². The van der Waals surface area contributed by atoms with Crippen LogP contribution in [0.2, 0.25) is 0 Å². The van der Waals surface area contributed by atoms with E-state index in [9.17, 15) is 0 Å². The summed E-state index contributed by atoms with van der Waals surface area (Å²) < 4.78 is 11.5. The van der Waals surface area contributed by atoms with Crippen molar-refractivity contribution in [2.24, 2.45) is 0 Å². The summed E-state index contributed by atoms with van der Waals surface area (Å²) in [6, 6.07) is 0.975. The van der Waals surface area contributed by atoms with E-state index >= 15 is 0 Å². The van der Waals surface area contributed by atoms with Crippen molar-refractivity contribution < 1.29 is 14.6 Å². The third-order valence-electron chi connectivity index (χ3n) is 4.34. The molecule has 106 valence electrons. The van der Waals surface area contributed by atoms with E-state index < -0.39 is 0 Å². The summed E-state index contributed by atoms with van der Waals surface area (Å²) in [6.45, 7) is 4.97. The minimum absolute atomic E-state index is 0.0612. The number of nitrogens with one attached hydrogen (secondary N) is 1. The van der Waals surface area contributed by atoms with Gasteiger partial charge in [0.05, 0.1) is 5.60 Å². The summed E-state index contributed by atoms with van der Waals surface area (Å²) in [7, 11) is 0. The first-order valence-electron chi connectivity index (χ1n) is 7.36. The number of hydrogen-bond donors (Lipinski definition) is 2. The van der Waals surface area contributed by atoms with Crippen molar-refractivity contribution in [2.45, 2.75) is 63.1 Å². The van der Waals surface area contributed by atoms with Crippen molar-refractivity contribution in [1.29, 1.82) is 0 Å². The van der Waals surface area contributed by atoms with Gasteiger partial charge in [-0.3, -0.25) is 0 Å². The summed E-state index contributed by atoms with van der Waals surface area (Å²) >= 11 is 0. The monoisotopic (exact) mass is 257 g/mol. The molecule has 2 fully saturated rings. The number of ether oxygens (including phenoxy) is 2. The van der Waals surface area contributed by atoms with E-state index in [1.165, 1.54) is 0 Å². The Hall–Kier alpha value is -0.160. The van der Waals surface area contributed by atoms with E-state index in [4.69, 9.17) is 14.6 Å². The molecule has 0 aromatic heterocycles. The number of rotatable bonds is 5. The standard InChI is InChI=1S/C14H27NO3/c1-2-12(3-7-16)15-13-4-8-18-14(11-13)5-9-17-10-6-14/h12-13,15-16H,2-11H2,1H3. The van der Waals surface area contributed by atoms with Gasteiger partial charge in [-0.2, -0.15) is 0 Å². The predicted molar refractivity (Wildman–Crippen MR) is 70.7 cm³/mol. The van der Waals surface area contributed by atoms with Crippen LogP contribution in [0.15, 0.2) is 0 Å². The van der Waals surface area contributed by atoms with E-state index in [-0.39, 0.29) is 12.2 Å². The van der Waals surface area contributed by atoms with Crippen LogP contribution in [0.3, 0.4) is 0 Å². The van der Waals surface area contributed by atoms with Gasteiger partial charge in [0.2, 0.25) is 0 Å². The van der Waals surface area contributed by atoms with Gasteiger partial charge in [-0.25, -0.2) is 0 Å². The van der Waals surface area contributed by atoms with Crippen molar-refractivity contribution in [1.82, 2.24) is 5.32 Å². The van der Waals surface area contributed by atoms with Crippen LogP contribution in [-0.2, 0) is 9.47 Å². The van der Waals surface area contributed by atoms with E-state index in [1.54, 1.807) is 0 Å². The zero-order valence-electron chi connectivity index (χ0n) is 11.5. The van der Waals surface area contributed by atoms with Gasteiger partial charge in [-0.05, 0) is 38.5 Å². The molecule has 0 saturated carbocycles. The average molecular weight is 257 g/mol. The molecule has 0 radical (unpaired) electrons. The molecule has 2 aliphatic rings. The van der Waals surface area contributed by atoms with Gasteiger partial charge in [-0.1, -0.05) is 6.92 Å². The topological polar surface area (TPSA) is 50.7 Å². The van der Waals surface area contributed by atoms with Crippen LogP contribution in [0.25, 0.3) is 0 Å². The van der Waals surface area contributed by atoms with Crippen molar-refractivity contribution in [3.05, 3.63) is 0 Å². The van der Waals surface area contributed by atoms with Gasteiger partial charge < -0.3 is 19.9 Å². The fourth-order valence-corrected chi connectivity index (χ4v) is 3.16. The minimum atomic E-state index is 0.0612. The van der Waals surface area contributed by atoms with E-state index in [2.05, 4.69) is 12.2 Å². The second kappa shape index (κ2) is 6.85. The zero-order chi connectivity index (χ0) is 12.8. The zero-order valence-corrected chi connectivity index (χ0v) is 11.5. The molecular formula is C14H27NO3. The lowest BCUT2D eigenvalue weighted by Gasteiger charge is -2.44. The Balaban J connectivity index is 1.85. The van der Waals surface area contributed by atoms with E-state index in [0.29, 0.717) is 12.1 Å². The Morgan fingerprint density at radius 1 is 1.33 bits per heavy atom. The number of aliphatic hydroxyl groups excluding tert-OH is 1. The second-order valence-electron chi connectivity index (χ2n) is 5.62. The first-order valence-corrected chi connectivity index (χ1v) is 7.36. The maximum absolute atomic E-state index is 9.06. The molecule has 4 nitrogen and oxygen atoms in total. The molecule has 2 unspecified atom stereocenters. The van der Waals surface area contributed by atoms with Crippen LogP contribution in [-0.4, -0.2) is 49.2 Å². The third-order valence-corrected chi connectivity index (χ3v) is 4.34. The lowest BCUT2D eigenvalue weighted by atomic mass is 9.83. The molecule has 0 aliphatic carbocycles. The molecule has 2 heterocycles. The van der Waals surface area contributed by atoms with Crippen LogP contribution in [0.5, 0.6) is 0 Å². The van der Waals surface area contributed by atoms with Crippen LogP contribution >= 0.6 is 0 Å². The number of hydrogen-bond acceptors (Lipinski definition) is 4. The highest BCUT2D eigenvalue weighted by atomic mass is 16.5. The first-order chi connectivity index (χ1) is 8.78. The Bertz CT molecular complexity index is 236. The largest absolute Gasteiger partial charge is 0.396 e. The van der Waals surface area contributed by atoms with Crippen molar-refractivity contribution >= 4 is 0 Å². The Morgan fingerprint density at radius 3 is 2.78 bits per heavy atom. The smallest absolute Gasteiger partial charge is 0.0741 e. The van der Waals surface area contributed by atoms with Gasteiger partial charge in [0.25, 0.3) is 0 Å². The maximum atomic E-state index is 9.06. The normalized spacial score (nSPS) is 29.3. The molecular weight excluding hydrogens is 230 g/mol. The Kier molecular flexibility index (Phi) is 5.42. The molecule has 2 N–H and O–H groups in total. The predicted octanol–water partition coefficient (Wildman–Crippen LogP) is 1.47. The molecule has 2 aliphatic heterocycles. The first kappa shape index (κ1) is 14.3. The SMILES string of the molecule is CCC(CCO)NC1CCOC2(CCOCC2)C1. The lowest BCUT2D eigenvalue weighted by Crippen LogP contribution is -2.51. The Morgan fingerprint density at radius 2 is 2.11 bits per heavy atom. The lowest BCUT2D eigenvalue weighted by molar-refractivity contribution is -0.141. The van der Waals surface area contributed by atoms with Crippen LogP contribution in [0, 0.1) is 0 Å². The molecule has 4 heteroatoms. The van der Waals surface area contributed by atoms with Crippen molar-refractivity contribution in [3.8, 4) is 0 Å². The van der Waals surface area contributed by atoms with Gasteiger partial charge in [0.15, 0.2) is 0 Å². The molecule has 0 bridgehead atoms. The average Bonchev–Trinajstić information content (AvgIpc) is 2.39. The fourth-order valence-electron chi connectivity index (χ4n) is 3.16. The van der Waals surface area contributed by atoms with Gasteiger partial charge in [-0.15, -0.1) is 0 Å². The summed E-state index contributed by atoms with van der Waals surface area (Å²) in [4.78, 5) is 0. The number of aliphatic hydroxyl groups is 1. The van der Waals surface area contributed by atoms with E-state index in [0.717, 1.165) is 58.3 Å². The highest BCUT2D eigenvalue weighted by Gasteiger charge is 2.39. The quantitative estimate of drug-likeness (QED) is 0.783. The molecule has 18 heavy (non-hydrogen) atoms. The van der Waals surface area contributed by atoms with Crippen LogP contribution < -0.4 is 5.32 Å². The molecule has 2 atom stereocenters. The highest BCUT2D eigenvalue weighted by molar-refractivity contribution is 4.92. The molecule has 1 spiro atoms. The van der Waals surface area contributed by atoms with Crippen molar-refractivity contribution in [3.63, 3.8) is 0 Å². The molecule has 2 rings (SSSR count). The van der Waals surface area contributed by atoms with Gasteiger partial charge in [0, 0.05) is 38.5 Å². The molecule has 0 aromatic carbocycles. The molecule has 2 saturated heterocycles. The summed E-state index contributed by atoms with van der Waals surface area (Å²) in [5, 5.41) is 12.8. The second-order valence-corrected chi connectivity index (χ2v) is 5.62. The molecule has 0 aromatic rings. The third kappa shape index (κ3) is 3.67. The summed E-state index contributed by atoms with van der Waals surface area (Å²) in [5.41, 5.74) is 0.0612. The highest BCUT2D eigenvalue weighted by Crippen LogP contribution is 2.34. The van der Waals surface area contributed by atoms with Crippen LogP contribution in [0.4, 0.5) is 0 Å². The van der Waals surface area contributed by atoms with E-state index in [1.807, 2.05) is 0 Å². The summed E-state index contributed by atoms with van der Waals surface area (Å²) in [6.07, 6.45) is 6.17. The van der Waals surface area contributed by atoms with Gasteiger partial charge in [0.1, 0.15) is 0 Å².